The van der Waals surface area contributed by atoms with Crippen molar-refractivity contribution in [2.75, 3.05) is 0 Å². The lowest BCUT2D eigenvalue weighted by Crippen LogP contribution is -2.57. The Morgan fingerprint density at radius 2 is 1.44 bits per heavy atom. The van der Waals surface area contributed by atoms with Gasteiger partial charge in [0.05, 0.1) is 5.52 Å². The molecule has 0 aliphatic rings. The first kappa shape index (κ1) is 35.7. The van der Waals surface area contributed by atoms with Gasteiger partial charge in [-0.1, -0.05) is 80.9 Å². The Balaban J connectivity index is 1.61. The van der Waals surface area contributed by atoms with Crippen molar-refractivity contribution < 1.29 is 36.6 Å². The highest BCUT2D eigenvalue weighted by molar-refractivity contribution is 6.30. The Kier molecular flexibility index (Phi) is 9.94. The van der Waals surface area contributed by atoms with Crippen LogP contribution in [0, 0.1) is 17.8 Å². The molecule has 0 amide bonds. The number of para-hydroxylation sites is 2. The molecule has 11 heteroatoms. The fourth-order valence-corrected chi connectivity index (χ4v) is 7.48. The van der Waals surface area contributed by atoms with E-state index in [4.69, 9.17) is 11.6 Å². The summed E-state index contributed by atoms with van der Waals surface area (Å²) in [7, 11) is 0. The minimum atomic E-state index is -5.23. The van der Waals surface area contributed by atoms with Gasteiger partial charge in [-0.05, 0) is 77.1 Å². The summed E-state index contributed by atoms with van der Waals surface area (Å²) in [6.07, 6.45) is -11.2. The predicted octanol–water partition coefficient (Wildman–Crippen LogP) is 9.82. The van der Waals surface area contributed by atoms with Crippen LogP contribution >= 0.6 is 11.6 Å². The molecule has 3 aromatic carbocycles. The SMILES string of the molecule is CC(C)C(CC(C)C(c1cccc(Cl)c1)C(O)(Cc1ccnc2ccccc12)C(F)(F)F)C(O)(Cc1cc2ccccc2[nH]1)C(F)(F)F. The Morgan fingerprint density at radius 3 is 2.08 bits per heavy atom. The number of aromatic nitrogens is 2. The Morgan fingerprint density at radius 1 is 0.771 bits per heavy atom. The minimum absolute atomic E-state index is 0.0156. The van der Waals surface area contributed by atoms with Gasteiger partial charge in [0.25, 0.3) is 0 Å². The van der Waals surface area contributed by atoms with Crippen LogP contribution in [0.15, 0.2) is 91.1 Å². The summed E-state index contributed by atoms with van der Waals surface area (Å²) in [4.78, 5) is 7.17. The van der Waals surface area contributed by atoms with E-state index in [-0.39, 0.29) is 21.8 Å². The number of hydrogen-bond donors (Lipinski definition) is 3. The first-order chi connectivity index (χ1) is 22.4. The molecule has 0 saturated heterocycles. The van der Waals surface area contributed by atoms with Crippen molar-refractivity contribution in [1.82, 2.24) is 9.97 Å². The smallest absolute Gasteiger partial charge is 0.380 e. The van der Waals surface area contributed by atoms with Crippen LogP contribution in [0.25, 0.3) is 21.8 Å². The van der Waals surface area contributed by atoms with Gasteiger partial charge in [0.2, 0.25) is 0 Å². The standard InChI is InChI=1S/C37H37ClF6N2O2/c1-22(2)30(34(47,36(39,40)41)21-28-19-24-9-4-6-13-31(24)46-28)17-23(3)33(25-10-8-11-27(38)18-25)35(48,37(42,43)44)20-26-15-16-45-32-14-7-5-12-29(26)32/h4-16,18-19,22-23,30,33,46-48H,17,20-21H2,1-3H3. The number of nitrogens with zero attached hydrogens (tertiary/aromatic N) is 1. The zero-order valence-electron chi connectivity index (χ0n) is 26.6. The lowest BCUT2D eigenvalue weighted by atomic mass is 9.65. The van der Waals surface area contributed by atoms with E-state index >= 15 is 26.3 Å². The topological polar surface area (TPSA) is 69.1 Å². The highest BCUT2D eigenvalue weighted by Crippen LogP contribution is 2.52. The highest BCUT2D eigenvalue weighted by Gasteiger charge is 2.62. The summed E-state index contributed by atoms with van der Waals surface area (Å²) in [5.41, 5.74) is -5.42. The van der Waals surface area contributed by atoms with Crippen molar-refractivity contribution in [2.45, 2.75) is 69.5 Å². The van der Waals surface area contributed by atoms with Crippen LogP contribution in [-0.2, 0) is 12.8 Å². The zero-order chi connectivity index (χ0) is 35.1. The Hall–Kier alpha value is -3.60. The molecular formula is C37H37ClF6N2O2. The number of halogens is 7. The minimum Gasteiger partial charge on any atom is -0.380 e. The number of aromatic amines is 1. The van der Waals surface area contributed by atoms with Crippen molar-refractivity contribution in [3.8, 4) is 0 Å². The summed E-state index contributed by atoms with van der Waals surface area (Å²) in [5.74, 6) is -5.37. The van der Waals surface area contributed by atoms with Gasteiger partial charge < -0.3 is 15.2 Å². The van der Waals surface area contributed by atoms with Crippen LogP contribution in [0.3, 0.4) is 0 Å². The molecule has 0 aliphatic heterocycles. The van der Waals surface area contributed by atoms with Gasteiger partial charge in [0, 0.05) is 46.6 Å². The van der Waals surface area contributed by atoms with Gasteiger partial charge in [0.1, 0.15) is 0 Å². The number of H-pyrrole nitrogens is 1. The second kappa shape index (κ2) is 13.4. The fourth-order valence-electron chi connectivity index (χ4n) is 7.28. The average Bonchev–Trinajstić information content (AvgIpc) is 3.41. The fraction of sp³-hybridized carbons (Fsp3) is 0.378. The summed E-state index contributed by atoms with van der Waals surface area (Å²) < 4.78 is 91.2. The molecule has 5 atom stereocenters. The molecule has 0 fully saturated rings. The molecule has 5 rings (SSSR count). The second-order valence-electron chi connectivity index (χ2n) is 13.2. The molecule has 5 aromatic rings. The van der Waals surface area contributed by atoms with E-state index in [9.17, 15) is 10.2 Å². The number of fused-ring (bicyclic) bond motifs is 2. The lowest BCUT2D eigenvalue weighted by Gasteiger charge is -2.45. The van der Waals surface area contributed by atoms with Crippen LogP contribution in [-0.4, -0.2) is 43.7 Å². The number of nitrogens with one attached hydrogen (secondary N) is 1. The van der Waals surface area contributed by atoms with E-state index < -0.39 is 66.5 Å². The third kappa shape index (κ3) is 6.93. The van der Waals surface area contributed by atoms with E-state index in [1.165, 1.54) is 63.4 Å². The molecule has 4 nitrogen and oxygen atoms in total. The number of benzene rings is 3. The van der Waals surface area contributed by atoms with E-state index in [1.54, 1.807) is 48.5 Å². The van der Waals surface area contributed by atoms with Crippen LogP contribution < -0.4 is 0 Å². The molecule has 3 N–H and O–H groups in total. The van der Waals surface area contributed by atoms with Crippen molar-refractivity contribution in [1.29, 1.82) is 0 Å². The number of aliphatic hydroxyl groups is 2. The van der Waals surface area contributed by atoms with Gasteiger partial charge in [-0.15, -0.1) is 0 Å². The largest absolute Gasteiger partial charge is 0.418 e. The zero-order valence-corrected chi connectivity index (χ0v) is 27.3. The van der Waals surface area contributed by atoms with Crippen molar-refractivity contribution in [3.63, 3.8) is 0 Å². The third-order valence-corrected chi connectivity index (χ3v) is 9.80. The first-order valence-electron chi connectivity index (χ1n) is 15.7. The number of pyridine rings is 1. The molecule has 48 heavy (non-hydrogen) atoms. The molecule has 2 heterocycles. The van der Waals surface area contributed by atoms with E-state index in [2.05, 4.69) is 9.97 Å². The van der Waals surface area contributed by atoms with Gasteiger partial charge in [-0.25, -0.2) is 0 Å². The molecule has 0 radical (unpaired) electrons. The maximum absolute atomic E-state index is 15.4. The van der Waals surface area contributed by atoms with Gasteiger partial charge in [0.15, 0.2) is 11.2 Å². The van der Waals surface area contributed by atoms with Crippen LogP contribution in [0.1, 0.15) is 49.9 Å². The Bertz CT molecular complexity index is 1830. The monoisotopic (exact) mass is 690 g/mol. The summed E-state index contributed by atoms with van der Waals surface area (Å²) in [6.45, 7) is 4.40. The predicted molar refractivity (Wildman–Crippen MR) is 176 cm³/mol. The van der Waals surface area contributed by atoms with Crippen molar-refractivity contribution in [3.05, 3.63) is 113 Å². The quantitative estimate of drug-likeness (QED) is 0.121. The number of hydrogen-bond acceptors (Lipinski definition) is 3. The van der Waals surface area contributed by atoms with Crippen LogP contribution in [0.2, 0.25) is 5.02 Å². The first-order valence-corrected chi connectivity index (χ1v) is 16.1. The van der Waals surface area contributed by atoms with Gasteiger partial charge >= 0.3 is 12.4 Å². The molecule has 0 spiro atoms. The second-order valence-corrected chi connectivity index (χ2v) is 13.6. The summed E-state index contributed by atoms with van der Waals surface area (Å²) in [5, 5.41) is 24.8. The highest BCUT2D eigenvalue weighted by atomic mass is 35.5. The Labute approximate surface area is 279 Å². The van der Waals surface area contributed by atoms with Crippen LogP contribution in [0.5, 0.6) is 0 Å². The van der Waals surface area contributed by atoms with Crippen molar-refractivity contribution >= 4 is 33.4 Å². The van der Waals surface area contributed by atoms with Crippen LogP contribution in [0.4, 0.5) is 26.3 Å². The number of alkyl halides is 6. The van der Waals surface area contributed by atoms with E-state index in [0.717, 1.165) is 0 Å². The summed E-state index contributed by atoms with van der Waals surface area (Å²) >= 11 is 6.25. The lowest BCUT2D eigenvalue weighted by molar-refractivity contribution is -0.290. The maximum atomic E-state index is 15.4. The molecule has 0 saturated carbocycles. The molecule has 256 valence electrons. The average molecular weight is 691 g/mol. The van der Waals surface area contributed by atoms with Crippen molar-refractivity contribution in [2.24, 2.45) is 17.8 Å². The summed E-state index contributed by atoms with van der Waals surface area (Å²) in [6, 6.07) is 22.0. The maximum Gasteiger partial charge on any atom is 0.418 e. The third-order valence-electron chi connectivity index (χ3n) is 9.56. The molecule has 0 bridgehead atoms. The van der Waals surface area contributed by atoms with Gasteiger partial charge in [-0.3, -0.25) is 4.98 Å². The van der Waals surface area contributed by atoms with Gasteiger partial charge in [-0.2, -0.15) is 26.3 Å². The number of rotatable bonds is 11. The van der Waals surface area contributed by atoms with E-state index in [0.29, 0.717) is 21.8 Å². The molecule has 0 aliphatic carbocycles. The molecule has 5 unspecified atom stereocenters. The van der Waals surface area contributed by atoms with E-state index in [1.807, 2.05) is 0 Å². The molecule has 2 aromatic heterocycles. The normalized spacial score (nSPS) is 17.3. The molecular weight excluding hydrogens is 654 g/mol.